The van der Waals surface area contributed by atoms with Gasteiger partial charge >= 0.3 is 0 Å². The molecule has 0 spiro atoms. The third-order valence-electron chi connectivity index (χ3n) is 6.89. The van der Waals surface area contributed by atoms with Crippen molar-refractivity contribution in [1.82, 2.24) is 0 Å². The van der Waals surface area contributed by atoms with Gasteiger partial charge in [-0.3, -0.25) is 0 Å². The Morgan fingerprint density at radius 3 is 2.60 bits per heavy atom. The second-order valence-electron chi connectivity index (χ2n) is 10.3. The molecule has 0 atom stereocenters. The number of nitrogens with zero attached hydrogens (tertiary/aromatic N) is 2. The van der Waals surface area contributed by atoms with Crippen molar-refractivity contribution in [3.63, 3.8) is 0 Å². The number of benzene rings is 2. The minimum absolute atomic E-state index is 0. The maximum absolute atomic E-state index is 2.45. The summed E-state index contributed by atoms with van der Waals surface area (Å²) >= 11 is 1.90. The molecule has 2 heterocycles. The smallest absolute Gasteiger partial charge is 0.213 e. The molecular weight excluding hydrogens is 559 g/mol. The molecule has 0 radical (unpaired) electrons. The van der Waals surface area contributed by atoms with E-state index in [1.807, 2.05) is 11.8 Å². The van der Waals surface area contributed by atoms with Crippen molar-refractivity contribution in [2.75, 3.05) is 11.4 Å². The zero-order chi connectivity index (χ0) is 23.9. The Morgan fingerprint density at radius 1 is 1.03 bits per heavy atom. The van der Waals surface area contributed by atoms with Crippen molar-refractivity contribution in [3.8, 4) is 0 Å². The molecule has 0 N–H and O–H groups in total. The monoisotopic (exact) mass is 594 g/mol. The molecule has 4 heteroatoms. The van der Waals surface area contributed by atoms with E-state index in [9.17, 15) is 0 Å². The highest BCUT2D eigenvalue weighted by Crippen LogP contribution is 2.47. The lowest BCUT2D eigenvalue weighted by Gasteiger charge is -2.31. The van der Waals surface area contributed by atoms with Crippen LogP contribution in [0.4, 0.5) is 5.69 Å². The number of hydrogen-bond acceptors (Lipinski definition) is 2. The van der Waals surface area contributed by atoms with Gasteiger partial charge in [-0.05, 0) is 79.8 Å². The van der Waals surface area contributed by atoms with Crippen LogP contribution >= 0.6 is 11.8 Å². The van der Waals surface area contributed by atoms with Crippen molar-refractivity contribution in [1.29, 1.82) is 0 Å². The summed E-state index contributed by atoms with van der Waals surface area (Å²) in [6.45, 7) is 13.4. The van der Waals surface area contributed by atoms with E-state index in [0.29, 0.717) is 0 Å². The topological polar surface area (TPSA) is 7.12 Å². The van der Waals surface area contributed by atoms with Crippen LogP contribution in [0.15, 0.2) is 88.0 Å². The van der Waals surface area contributed by atoms with Gasteiger partial charge in [0.15, 0.2) is 6.20 Å². The molecule has 5 rings (SSSR count). The van der Waals surface area contributed by atoms with Crippen molar-refractivity contribution in [3.05, 3.63) is 94.3 Å². The van der Waals surface area contributed by atoms with Crippen LogP contribution in [0.5, 0.6) is 0 Å². The minimum atomic E-state index is 0. The molecule has 1 aliphatic carbocycles. The fourth-order valence-electron chi connectivity index (χ4n) is 5.41. The fraction of sp³-hybridized carbons (Fsp3) is 0.323. The fourth-order valence-corrected chi connectivity index (χ4v) is 6.61. The van der Waals surface area contributed by atoms with Crippen LogP contribution in [-0.2, 0) is 6.54 Å². The Morgan fingerprint density at radius 2 is 1.83 bits per heavy atom. The first kappa shape index (κ1) is 26.0. The Balaban J connectivity index is 0.00000289. The lowest BCUT2D eigenvalue weighted by molar-refractivity contribution is -0.693. The Hall–Kier alpha value is -2.05. The van der Waals surface area contributed by atoms with Crippen LogP contribution < -0.4 is 33.4 Å². The third kappa shape index (κ3) is 5.39. The number of halogens is 1. The van der Waals surface area contributed by atoms with Gasteiger partial charge < -0.3 is 28.9 Å². The number of hydrogen-bond donors (Lipinski definition) is 0. The highest BCUT2D eigenvalue weighted by atomic mass is 127. The van der Waals surface area contributed by atoms with E-state index in [1.54, 1.807) is 0 Å². The van der Waals surface area contributed by atoms with E-state index in [4.69, 9.17) is 0 Å². The predicted octanol–water partition coefficient (Wildman–Crippen LogP) is 5.06. The largest absolute Gasteiger partial charge is 1.00 e. The highest BCUT2D eigenvalue weighted by Gasteiger charge is 2.28. The van der Waals surface area contributed by atoms with Gasteiger partial charge in [0.25, 0.3) is 0 Å². The molecule has 0 saturated carbocycles. The van der Waals surface area contributed by atoms with Gasteiger partial charge in [0.1, 0.15) is 6.54 Å². The van der Waals surface area contributed by atoms with Gasteiger partial charge in [-0.2, -0.15) is 4.57 Å². The molecule has 1 aliphatic heterocycles. The Kier molecular flexibility index (Phi) is 7.82. The predicted molar refractivity (Wildman–Crippen MR) is 147 cm³/mol. The van der Waals surface area contributed by atoms with Gasteiger partial charge in [0.2, 0.25) is 5.69 Å². The second kappa shape index (κ2) is 10.5. The van der Waals surface area contributed by atoms with Gasteiger partial charge in [0, 0.05) is 23.6 Å². The summed E-state index contributed by atoms with van der Waals surface area (Å²) in [5, 5.41) is 3.99. The van der Waals surface area contributed by atoms with Gasteiger partial charge in [0.05, 0.1) is 16.1 Å². The minimum Gasteiger partial charge on any atom is -1.00 e. The molecule has 182 valence electrons. The second-order valence-corrected chi connectivity index (χ2v) is 11.4. The first-order chi connectivity index (χ1) is 16.4. The molecule has 0 bridgehead atoms. The first-order valence-corrected chi connectivity index (χ1v) is 13.3. The molecule has 2 aromatic carbocycles. The van der Waals surface area contributed by atoms with Crippen LogP contribution in [-0.4, -0.2) is 6.54 Å². The van der Waals surface area contributed by atoms with Crippen LogP contribution in [0, 0.1) is 12.3 Å². The van der Waals surface area contributed by atoms with E-state index in [-0.39, 0.29) is 29.4 Å². The molecule has 35 heavy (non-hydrogen) atoms. The summed E-state index contributed by atoms with van der Waals surface area (Å²) in [5.41, 5.74) is 7.04. The number of anilines is 1. The first-order valence-electron chi connectivity index (χ1n) is 12.5. The summed E-state index contributed by atoms with van der Waals surface area (Å²) in [4.78, 5) is 3.81. The zero-order valence-electron chi connectivity index (χ0n) is 21.4. The molecule has 1 aromatic heterocycles. The van der Waals surface area contributed by atoms with E-state index in [0.717, 1.165) is 25.9 Å². The molecule has 0 amide bonds. The lowest BCUT2D eigenvalue weighted by Crippen LogP contribution is -3.00. The quantitative estimate of drug-likeness (QED) is 0.308. The maximum atomic E-state index is 2.45. The summed E-state index contributed by atoms with van der Waals surface area (Å²) in [5.74, 6) is 0. The zero-order valence-corrected chi connectivity index (χ0v) is 24.4. The molecule has 2 aliphatic rings. The highest BCUT2D eigenvalue weighted by molar-refractivity contribution is 8.03. The van der Waals surface area contributed by atoms with Gasteiger partial charge in [-0.1, -0.05) is 61.5 Å². The summed E-state index contributed by atoms with van der Waals surface area (Å²) in [6, 6.07) is 17.8. The van der Waals surface area contributed by atoms with E-state index < -0.39 is 0 Å². The number of para-hydroxylation sites is 1. The van der Waals surface area contributed by atoms with Crippen molar-refractivity contribution < 1.29 is 28.5 Å². The number of rotatable bonds is 4. The normalized spacial score (nSPS) is 19.1. The summed E-state index contributed by atoms with van der Waals surface area (Å²) in [6.07, 6.45) is 11.8. The van der Waals surface area contributed by atoms with E-state index >= 15 is 0 Å². The SMILES string of the molecule is CCN1/C(=C\C2=CC(=C\c3c4ccc(C)cc4cc[n+]3CC)/CC(C)(C)C2)Sc2ccccc21.[I-]. The standard InChI is InChI=1S/C31H35N2S.HI/c1-6-32-15-14-25-16-22(3)12-13-26(25)28(32)18-23-17-24(21-31(4,5)20-23)19-30-33(7-2)27-10-8-9-11-29(27)34-30;/h8-19H,6-7,20-21H2,1-5H3;1H/q+1;/p-1. The van der Waals surface area contributed by atoms with Gasteiger partial charge in [-0.15, -0.1) is 0 Å². The van der Waals surface area contributed by atoms with E-state index in [2.05, 4.69) is 117 Å². The number of fused-ring (bicyclic) bond motifs is 2. The average Bonchev–Trinajstić information content (AvgIpc) is 3.14. The number of allylic oxidation sites excluding steroid dienone is 4. The van der Waals surface area contributed by atoms with Gasteiger partial charge in [-0.25, -0.2) is 0 Å². The van der Waals surface area contributed by atoms with Crippen LogP contribution in [0.25, 0.3) is 16.8 Å². The average molecular weight is 595 g/mol. The van der Waals surface area contributed by atoms with Crippen LogP contribution in [0.1, 0.15) is 51.8 Å². The van der Waals surface area contributed by atoms with Crippen LogP contribution in [0.3, 0.4) is 0 Å². The molecular formula is C31H35IN2S. The molecule has 3 aromatic rings. The summed E-state index contributed by atoms with van der Waals surface area (Å²) < 4.78 is 2.38. The molecule has 0 unspecified atom stereocenters. The number of pyridine rings is 1. The maximum Gasteiger partial charge on any atom is 0.213 e. The summed E-state index contributed by atoms with van der Waals surface area (Å²) in [7, 11) is 0. The van der Waals surface area contributed by atoms with Crippen molar-refractivity contribution in [2.24, 2.45) is 5.41 Å². The Labute approximate surface area is 231 Å². The molecule has 0 saturated heterocycles. The molecule has 2 nitrogen and oxygen atoms in total. The van der Waals surface area contributed by atoms with Crippen LogP contribution in [0.2, 0.25) is 0 Å². The van der Waals surface area contributed by atoms with Crippen molar-refractivity contribution >= 4 is 34.3 Å². The number of thioether (sulfide) groups is 1. The lowest BCUT2D eigenvalue weighted by atomic mass is 9.75. The third-order valence-corrected chi connectivity index (χ3v) is 8.00. The molecule has 0 fully saturated rings. The number of aryl methyl sites for hydroxylation is 2. The van der Waals surface area contributed by atoms with Crippen molar-refractivity contribution in [2.45, 2.75) is 58.9 Å². The number of aromatic nitrogens is 1. The van der Waals surface area contributed by atoms with E-state index in [1.165, 1.54) is 48.8 Å². The Bertz CT molecular complexity index is 1350.